The van der Waals surface area contributed by atoms with Crippen molar-refractivity contribution in [3.05, 3.63) is 85.0 Å². The fraction of sp³-hybridized carbons (Fsp3) is 0.167. The number of benzene rings is 3. The van der Waals surface area contributed by atoms with Gasteiger partial charge in [-0.25, -0.2) is 5.43 Å². The van der Waals surface area contributed by atoms with Gasteiger partial charge in [0.25, 0.3) is 11.6 Å². The zero-order valence-electron chi connectivity index (χ0n) is 19.1. The summed E-state index contributed by atoms with van der Waals surface area (Å²) in [5.74, 6) is 1.49. The molecule has 0 unspecified atom stereocenters. The van der Waals surface area contributed by atoms with E-state index in [0.717, 1.165) is 9.13 Å². The predicted octanol–water partition coefficient (Wildman–Crippen LogP) is 4.57. The van der Waals surface area contributed by atoms with Crippen LogP contribution in [0, 0.1) is 13.7 Å². The van der Waals surface area contributed by atoms with Crippen LogP contribution in [0.25, 0.3) is 0 Å². The molecule has 0 aliphatic carbocycles. The Morgan fingerprint density at radius 1 is 1.03 bits per heavy atom. The Labute approximate surface area is 215 Å². The molecular formula is C24H22IN3O7. The molecule has 0 aliphatic rings. The van der Waals surface area contributed by atoms with Crippen LogP contribution >= 0.6 is 22.6 Å². The van der Waals surface area contributed by atoms with Gasteiger partial charge < -0.3 is 18.9 Å². The van der Waals surface area contributed by atoms with E-state index >= 15 is 0 Å². The van der Waals surface area contributed by atoms with Crippen LogP contribution < -0.4 is 24.4 Å². The van der Waals surface area contributed by atoms with Crippen LogP contribution in [0.2, 0.25) is 0 Å². The van der Waals surface area contributed by atoms with Gasteiger partial charge in [-0.2, -0.15) is 5.10 Å². The molecule has 35 heavy (non-hydrogen) atoms. The van der Waals surface area contributed by atoms with Crippen LogP contribution in [0.15, 0.2) is 59.7 Å². The first-order valence-corrected chi connectivity index (χ1v) is 11.2. The van der Waals surface area contributed by atoms with E-state index in [1.54, 1.807) is 36.4 Å². The molecule has 0 saturated carbocycles. The van der Waals surface area contributed by atoms with E-state index in [4.69, 9.17) is 18.9 Å². The molecule has 0 aliphatic heterocycles. The van der Waals surface area contributed by atoms with E-state index in [2.05, 4.69) is 33.1 Å². The van der Waals surface area contributed by atoms with Gasteiger partial charge in [-0.05, 0) is 70.1 Å². The fourth-order valence-electron chi connectivity index (χ4n) is 3.04. The van der Waals surface area contributed by atoms with Crippen molar-refractivity contribution in [1.82, 2.24) is 5.43 Å². The van der Waals surface area contributed by atoms with Crippen molar-refractivity contribution < 1.29 is 28.7 Å². The van der Waals surface area contributed by atoms with Crippen LogP contribution in [0.3, 0.4) is 0 Å². The molecule has 0 spiro atoms. The second kappa shape index (κ2) is 12.0. The maximum atomic E-state index is 12.5. The Morgan fingerprint density at radius 3 is 2.37 bits per heavy atom. The lowest BCUT2D eigenvalue weighted by Gasteiger charge is -2.13. The summed E-state index contributed by atoms with van der Waals surface area (Å²) < 4.78 is 22.5. The molecule has 0 saturated heterocycles. The number of nitrogens with zero attached hydrogens (tertiary/aromatic N) is 2. The number of ether oxygens (including phenoxy) is 4. The maximum absolute atomic E-state index is 12.5. The van der Waals surface area contributed by atoms with Gasteiger partial charge in [-0.15, -0.1) is 0 Å². The Hall–Kier alpha value is -3.87. The summed E-state index contributed by atoms with van der Waals surface area (Å²) in [7, 11) is 4.51. The Bertz CT molecular complexity index is 1250. The van der Waals surface area contributed by atoms with Crippen LogP contribution in [0.1, 0.15) is 21.5 Å². The minimum absolute atomic E-state index is 0.0158. The third-order valence-corrected chi connectivity index (χ3v) is 5.62. The molecule has 1 amide bonds. The molecule has 11 heteroatoms. The summed E-state index contributed by atoms with van der Waals surface area (Å²) in [5.41, 5.74) is 4.26. The van der Waals surface area contributed by atoms with E-state index in [1.165, 1.54) is 39.7 Å². The molecule has 1 N–H and O–H groups in total. The van der Waals surface area contributed by atoms with E-state index < -0.39 is 10.8 Å². The number of nitrogens with one attached hydrogen (secondary N) is 1. The molecule has 0 bridgehead atoms. The zero-order chi connectivity index (χ0) is 25.4. The highest BCUT2D eigenvalue weighted by Crippen LogP contribution is 2.34. The minimum atomic E-state index is -0.452. The number of nitro groups is 1. The smallest absolute Gasteiger partial charge is 0.275 e. The molecule has 3 aromatic carbocycles. The fourth-order valence-corrected chi connectivity index (χ4v) is 3.82. The predicted molar refractivity (Wildman–Crippen MR) is 138 cm³/mol. The molecule has 0 aromatic heterocycles. The molecule has 10 nitrogen and oxygen atoms in total. The largest absolute Gasteiger partial charge is 0.497 e. The number of non-ortho nitro benzene ring substituents is 1. The van der Waals surface area contributed by atoms with Crippen LogP contribution in [-0.2, 0) is 6.61 Å². The van der Waals surface area contributed by atoms with Crippen LogP contribution in [0.4, 0.5) is 5.69 Å². The molecule has 3 aromatic rings. The molecule has 0 radical (unpaired) electrons. The molecule has 3 rings (SSSR count). The van der Waals surface area contributed by atoms with E-state index in [1.807, 2.05) is 6.07 Å². The summed E-state index contributed by atoms with van der Waals surface area (Å²) in [5, 5.41) is 14.8. The van der Waals surface area contributed by atoms with Crippen molar-refractivity contribution in [1.29, 1.82) is 0 Å². The van der Waals surface area contributed by atoms with Crippen molar-refractivity contribution in [3.63, 3.8) is 0 Å². The summed E-state index contributed by atoms with van der Waals surface area (Å²) >= 11 is 2.11. The Morgan fingerprint density at radius 2 is 1.74 bits per heavy atom. The SMILES string of the molecule is COc1ccc(C(=O)N/N=C\c2cc(I)c(OCc3ccc([N+](=O)[O-])cc3)c(OC)c2)c(OC)c1. The van der Waals surface area contributed by atoms with Crippen LogP contribution in [0.5, 0.6) is 23.0 Å². The number of rotatable bonds is 10. The van der Waals surface area contributed by atoms with Crippen molar-refractivity contribution >= 4 is 40.4 Å². The molecule has 0 heterocycles. The first-order chi connectivity index (χ1) is 16.9. The third kappa shape index (κ3) is 6.59. The number of amides is 1. The number of methoxy groups -OCH3 is 3. The van der Waals surface area contributed by atoms with E-state index in [-0.39, 0.29) is 12.3 Å². The molecule has 182 valence electrons. The van der Waals surface area contributed by atoms with Gasteiger partial charge in [0, 0.05) is 18.2 Å². The number of halogens is 1. The first-order valence-electron chi connectivity index (χ1n) is 10.1. The second-order valence-electron chi connectivity index (χ2n) is 7.01. The number of carbonyl (C=O) groups is 1. The van der Waals surface area contributed by atoms with E-state index in [0.29, 0.717) is 34.1 Å². The number of hydrogen-bond acceptors (Lipinski definition) is 8. The van der Waals surface area contributed by atoms with Crippen LogP contribution in [-0.4, -0.2) is 38.4 Å². The number of carbonyl (C=O) groups excluding carboxylic acids is 1. The third-order valence-electron chi connectivity index (χ3n) is 4.82. The van der Waals surface area contributed by atoms with Gasteiger partial charge in [-0.1, -0.05) is 0 Å². The lowest BCUT2D eigenvalue weighted by molar-refractivity contribution is -0.384. The number of nitro benzene ring substituents is 1. The molecule has 0 atom stereocenters. The number of hydrogen-bond donors (Lipinski definition) is 1. The highest BCUT2D eigenvalue weighted by molar-refractivity contribution is 14.1. The normalized spacial score (nSPS) is 10.6. The molecular weight excluding hydrogens is 569 g/mol. The summed E-state index contributed by atoms with van der Waals surface area (Å²) in [6.45, 7) is 0.206. The van der Waals surface area contributed by atoms with Gasteiger partial charge in [0.15, 0.2) is 11.5 Å². The topological polar surface area (TPSA) is 122 Å². The standard InChI is InChI=1S/C24H22IN3O7/c1-32-18-8-9-19(21(12-18)33-2)24(29)27-26-13-16-10-20(25)23(22(11-16)34-3)35-14-15-4-6-17(7-5-15)28(30)31/h4-13H,14H2,1-3H3,(H,27,29)/b26-13-. The highest BCUT2D eigenvalue weighted by Gasteiger charge is 2.14. The van der Waals surface area contributed by atoms with Crippen molar-refractivity contribution in [2.45, 2.75) is 6.61 Å². The van der Waals surface area contributed by atoms with Crippen molar-refractivity contribution in [2.24, 2.45) is 5.10 Å². The van der Waals surface area contributed by atoms with E-state index in [9.17, 15) is 14.9 Å². The van der Waals surface area contributed by atoms with Gasteiger partial charge >= 0.3 is 0 Å². The second-order valence-corrected chi connectivity index (χ2v) is 8.17. The summed E-state index contributed by atoms with van der Waals surface area (Å²) in [6.07, 6.45) is 1.48. The monoisotopic (exact) mass is 591 g/mol. The van der Waals surface area contributed by atoms with Gasteiger partial charge in [-0.3, -0.25) is 14.9 Å². The van der Waals surface area contributed by atoms with Gasteiger partial charge in [0.1, 0.15) is 18.1 Å². The Kier molecular flexibility index (Phi) is 8.84. The average Bonchev–Trinajstić information content (AvgIpc) is 2.87. The zero-order valence-corrected chi connectivity index (χ0v) is 21.3. The van der Waals surface area contributed by atoms with Gasteiger partial charge in [0.05, 0.1) is 41.6 Å². The maximum Gasteiger partial charge on any atom is 0.275 e. The summed E-state index contributed by atoms with van der Waals surface area (Å²) in [6, 6.07) is 14.5. The van der Waals surface area contributed by atoms with Gasteiger partial charge in [0.2, 0.25) is 0 Å². The number of hydrazone groups is 1. The van der Waals surface area contributed by atoms with Crippen molar-refractivity contribution in [2.75, 3.05) is 21.3 Å². The molecule has 0 fully saturated rings. The first kappa shape index (κ1) is 25.7. The lowest BCUT2D eigenvalue weighted by atomic mass is 10.2. The average molecular weight is 591 g/mol. The minimum Gasteiger partial charge on any atom is -0.497 e. The highest BCUT2D eigenvalue weighted by atomic mass is 127. The Balaban J connectivity index is 1.69. The quantitative estimate of drug-likeness (QED) is 0.159. The lowest BCUT2D eigenvalue weighted by Crippen LogP contribution is -2.18. The van der Waals surface area contributed by atoms with Crippen molar-refractivity contribution in [3.8, 4) is 23.0 Å². The summed E-state index contributed by atoms with van der Waals surface area (Å²) in [4.78, 5) is 22.9.